The Labute approximate surface area is 131 Å². The molecule has 0 saturated carbocycles. The summed E-state index contributed by atoms with van der Waals surface area (Å²) in [6.45, 7) is 5.12. The van der Waals surface area contributed by atoms with E-state index in [1.807, 2.05) is 7.05 Å². The number of aromatic amines is 1. The zero-order chi connectivity index (χ0) is 15.8. The Morgan fingerprint density at radius 2 is 2.32 bits per heavy atom. The number of nitrogens with zero attached hydrogens (tertiary/aromatic N) is 4. The molecule has 0 spiro atoms. The van der Waals surface area contributed by atoms with E-state index in [1.54, 1.807) is 12.0 Å². The number of rotatable bonds is 7. The lowest BCUT2D eigenvalue weighted by Crippen LogP contribution is -2.43. The highest BCUT2D eigenvalue weighted by Crippen LogP contribution is 2.17. The number of piperidine rings is 1. The lowest BCUT2D eigenvalue weighted by molar-refractivity contribution is 0.112. The van der Waals surface area contributed by atoms with Crippen LogP contribution in [0.4, 0.5) is 4.79 Å². The predicted molar refractivity (Wildman–Crippen MR) is 82.3 cm³/mol. The van der Waals surface area contributed by atoms with Gasteiger partial charge in [0.25, 0.3) is 0 Å². The van der Waals surface area contributed by atoms with Gasteiger partial charge in [-0.25, -0.2) is 9.78 Å². The van der Waals surface area contributed by atoms with E-state index in [-0.39, 0.29) is 6.03 Å². The number of carbonyl (C=O) groups excluding carboxylic acids is 1. The third-order valence-corrected chi connectivity index (χ3v) is 4.07. The molecule has 0 atom stereocenters. The first-order valence-corrected chi connectivity index (χ1v) is 7.73. The van der Waals surface area contributed by atoms with Gasteiger partial charge in [0.05, 0.1) is 13.2 Å². The molecule has 124 valence electrons. The molecule has 8 heteroatoms. The number of likely N-dealkylation sites (tertiary alicyclic amines) is 1. The molecule has 1 aromatic rings. The molecule has 22 heavy (non-hydrogen) atoms. The second kappa shape index (κ2) is 8.70. The van der Waals surface area contributed by atoms with E-state index in [0.717, 1.165) is 45.6 Å². The van der Waals surface area contributed by atoms with Crippen molar-refractivity contribution in [3.8, 4) is 0 Å². The summed E-state index contributed by atoms with van der Waals surface area (Å²) in [6.07, 6.45) is 3.69. The van der Waals surface area contributed by atoms with Gasteiger partial charge in [-0.15, -0.1) is 0 Å². The number of H-pyrrole nitrogens is 1. The Morgan fingerprint density at radius 3 is 2.95 bits per heavy atom. The SMILES string of the molecule is COCCN1CCC(CN(C)C(=O)NCc2ncn[nH]2)CC1. The first-order chi connectivity index (χ1) is 10.7. The summed E-state index contributed by atoms with van der Waals surface area (Å²) < 4.78 is 5.11. The second-order valence-electron chi connectivity index (χ2n) is 5.75. The number of nitrogens with one attached hydrogen (secondary N) is 2. The number of methoxy groups -OCH3 is 1. The summed E-state index contributed by atoms with van der Waals surface area (Å²) >= 11 is 0. The van der Waals surface area contributed by atoms with Crippen molar-refractivity contribution in [3.05, 3.63) is 12.2 Å². The molecule has 8 nitrogen and oxygen atoms in total. The molecule has 0 bridgehead atoms. The van der Waals surface area contributed by atoms with Crippen LogP contribution >= 0.6 is 0 Å². The Hall–Kier alpha value is -1.67. The molecule has 0 radical (unpaired) electrons. The van der Waals surface area contributed by atoms with Gasteiger partial charge in [0.1, 0.15) is 12.2 Å². The number of amides is 2. The highest BCUT2D eigenvalue weighted by molar-refractivity contribution is 5.73. The average Bonchev–Trinajstić information content (AvgIpc) is 3.05. The van der Waals surface area contributed by atoms with Crippen molar-refractivity contribution in [3.63, 3.8) is 0 Å². The van der Waals surface area contributed by atoms with Crippen molar-refractivity contribution < 1.29 is 9.53 Å². The number of carbonyl (C=O) groups is 1. The summed E-state index contributed by atoms with van der Waals surface area (Å²) in [7, 11) is 3.58. The zero-order valence-corrected chi connectivity index (χ0v) is 13.4. The van der Waals surface area contributed by atoms with Crippen molar-refractivity contribution in [2.75, 3.05) is 46.9 Å². The number of hydrogen-bond donors (Lipinski definition) is 2. The van der Waals surface area contributed by atoms with Gasteiger partial charge in [0, 0.05) is 27.2 Å². The Morgan fingerprint density at radius 1 is 1.55 bits per heavy atom. The van der Waals surface area contributed by atoms with E-state index < -0.39 is 0 Å². The minimum absolute atomic E-state index is 0.0711. The van der Waals surface area contributed by atoms with Crippen LogP contribution in [0.1, 0.15) is 18.7 Å². The maximum absolute atomic E-state index is 12.0. The van der Waals surface area contributed by atoms with Gasteiger partial charge < -0.3 is 19.9 Å². The van der Waals surface area contributed by atoms with Crippen molar-refractivity contribution in [1.29, 1.82) is 0 Å². The molecule has 1 aliphatic heterocycles. The maximum atomic E-state index is 12.0. The van der Waals surface area contributed by atoms with Gasteiger partial charge >= 0.3 is 6.03 Å². The van der Waals surface area contributed by atoms with Crippen LogP contribution in [-0.2, 0) is 11.3 Å². The van der Waals surface area contributed by atoms with Crippen molar-refractivity contribution in [2.45, 2.75) is 19.4 Å². The van der Waals surface area contributed by atoms with Crippen LogP contribution in [0.2, 0.25) is 0 Å². The number of aromatic nitrogens is 3. The highest BCUT2D eigenvalue weighted by atomic mass is 16.5. The Kier molecular flexibility index (Phi) is 6.60. The number of hydrogen-bond acceptors (Lipinski definition) is 5. The van der Waals surface area contributed by atoms with E-state index in [1.165, 1.54) is 6.33 Å². The molecule has 1 saturated heterocycles. The first-order valence-electron chi connectivity index (χ1n) is 7.73. The molecular formula is C14H26N6O2. The quantitative estimate of drug-likeness (QED) is 0.757. The van der Waals surface area contributed by atoms with E-state index in [2.05, 4.69) is 25.4 Å². The molecule has 0 aromatic carbocycles. The summed E-state index contributed by atoms with van der Waals surface area (Å²) in [5.74, 6) is 1.23. The van der Waals surface area contributed by atoms with Gasteiger partial charge in [0.15, 0.2) is 0 Å². The zero-order valence-electron chi connectivity index (χ0n) is 13.4. The predicted octanol–water partition coefficient (Wildman–Crippen LogP) is 0.305. The minimum Gasteiger partial charge on any atom is -0.383 e. The average molecular weight is 310 g/mol. The van der Waals surface area contributed by atoms with E-state index in [4.69, 9.17) is 4.74 Å². The Bertz CT molecular complexity index is 431. The van der Waals surface area contributed by atoms with Crippen LogP contribution in [0.3, 0.4) is 0 Å². The fourth-order valence-corrected chi connectivity index (χ4v) is 2.69. The van der Waals surface area contributed by atoms with Gasteiger partial charge in [-0.05, 0) is 31.8 Å². The van der Waals surface area contributed by atoms with Gasteiger partial charge in [0.2, 0.25) is 0 Å². The summed E-state index contributed by atoms with van der Waals surface area (Å²) in [5.41, 5.74) is 0. The lowest BCUT2D eigenvalue weighted by Gasteiger charge is -2.33. The Balaban J connectivity index is 1.64. The molecule has 0 aliphatic carbocycles. The first kappa shape index (κ1) is 16.7. The number of ether oxygens (including phenoxy) is 1. The van der Waals surface area contributed by atoms with Crippen LogP contribution in [0.15, 0.2) is 6.33 Å². The van der Waals surface area contributed by atoms with Gasteiger partial charge in [-0.3, -0.25) is 5.10 Å². The van der Waals surface area contributed by atoms with Gasteiger partial charge in [-0.2, -0.15) is 5.10 Å². The van der Waals surface area contributed by atoms with Crippen LogP contribution in [0, 0.1) is 5.92 Å². The molecule has 2 rings (SSSR count). The maximum Gasteiger partial charge on any atom is 0.317 e. The molecule has 1 aromatic heterocycles. The third-order valence-electron chi connectivity index (χ3n) is 4.07. The fraction of sp³-hybridized carbons (Fsp3) is 0.786. The molecule has 2 heterocycles. The topological polar surface area (TPSA) is 86.4 Å². The van der Waals surface area contributed by atoms with Crippen LogP contribution < -0.4 is 5.32 Å². The summed E-state index contributed by atoms with van der Waals surface area (Å²) in [4.78, 5) is 20.2. The van der Waals surface area contributed by atoms with Gasteiger partial charge in [-0.1, -0.05) is 0 Å². The van der Waals surface area contributed by atoms with E-state index in [9.17, 15) is 4.79 Å². The molecule has 0 unspecified atom stereocenters. The van der Waals surface area contributed by atoms with Crippen molar-refractivity contribution in [1.82, 2.24) is 30.3 Å². The molecule has 2 amide bonds. The highest BCUT2D eigenvalue weighted by Gasteiger charge is 2.21. The monoisotopic (exact) mass is 310 g/mol. The van der Waals surface area contributed by atoms with Crippen LogP contribution in [-0.4, -0.2) is 78.0 Å². The second-order valence-corrected chi connectivity index (χ2v) is 5.75. The van der Waals surface area contributed by atoms with E-state index >= 15 is 0 Å². The van der Waals surface area contributed by atoms with Crippen molar-refractivity contribution >= 4 is 6.03 Å². The molecule has 2 N–H and O–H groups in total. The largest absolute Gasteiger partial charge is 0.383 e. The van der Waals surface area contributed by atoms with Crippen LogP contribution in [0.25, 0.3) is 0 Å². The van der Waals surface area contributed by atoms with Crippen LogP contribution in [0.5, 0.6) is 0 Å². The number of urea groups is 1. The molecule has 1 aliphatic rings. The molecule has 1 fully saturated rings. The minimum atomic E-state index is -0.0711. The lowest BCUT2D eigenvalue weighted by atomic mass is 9.96. The summed E-state index contributed by atoms with van der Waals surface area (Å²) in [6, 6.07) is -0.0711. The fourth-order valence-electron chi connectivity index (χ4n) is 2.69. The standard InChI is InChI=1S/C14H26N6O2/c1-19(14(21)15-9-13-16-11-17-18-13)10-12-3-5-20(6-4-12)7-8-22-2/h11-12H,3-10H2,1-2H3,(H,15,21)(H,16,17,18). The smallest absolute Gasteiger partial charge is 0.317 e. The molecular weight excluding hydrogens is 284 g/mol. The van der Waals surface area contributed by atoms with Crippen molar-refractivity contribution in [2.24, 2.45) is 5.92 Å². The normalized spacial score (nSPS) is 16.6. The van der Waals surface area contributed by atoms with E-state index in [0.29, 0.717) is 18.3 Å². The summed E-state index contributed by atoms with van der Waals surface area (Å²) in [5, 5.41) is 9.31. The third kappa shape index (κ3) is 5.27.